The van der Waals surface area contributed by atoms with Crippen LogP contribution < -0.4 is 0 Å². The van der Waals surface area contributed by atoms with Crippen molar-refractivity contribution in [3.63, 3.8) is 0 Å². The van der Waals surface area contributed by atoms with Gasteiger partial charge >= 0.3 is 0 Å². The van der Waals surface area contributed by atoms with Gasteiger partial charge in [0.1, 0.15) is 0 Å². The highest BCUT2D eigenvalue weighted by Gasteiger charge is 1.95. The third-order valence-corrected chi connectivity index (χ3v) is 1.07. The normalized spacial score (nSPS) is 11.3. The molecule has 0 atom stereocenters. The van der Waals surface area contributed by atoms with Gasteiger partial charge in [0.05, 0.1) is 0 Å². The summed E-state index contributed by atoms with van der Waals surface area (Å²) in [5.74, 6) is 0. The molecule has 0 rings (SSSR count). The second kappa shape index (κ2) is 3.69. The lowest BCUT2D eigenvalue weighted by Crippen LogP contribution is -2.16. The summed E-state index contributed by atoms with van der Waals surface area (Å²) in [4.78, 5) is 4.99. The lowest BCUT2D eigenvalue weighted by molar-refractivity contribution is 0.636. The Morgan fingerprint density at radius 1 is 1.44 bits per heavy atom. The molecule has 0 aliphatic heterocycles. The fraction of sp³-hybridized carbons (Fsp3) is 0.500. The molecule has 0 aromatic rings. The Kier molecular flexibility index (Phi) is 3.58. The number of rotatable bonds is 0. The number of halogens is 2. The maximum atomic E-state index is 6.68. The first-order valence-corrected chi connectivity index (χ1v) is 2.95. The Morgan fingerprint density at radius 2 is 1.89 bits per heavy atom. The van der Waals surface area contributed by atoms with E-state index in [-0.39, 0.29) is 10.6 Å². The van der Waals surface area contributed by atoms with Gasteiger partial charge in [-0.15, -0.1) is 0 Å². The van der Waals surface area contributed by atoms with Gasteiger partial charge in [-0.05, 0) is 23.2 Å². The molecule has 0 unspecified atom stereocenters. The fourth-order valence-corrected chi connectivity index (χ4v) is 0.389. The van der Waals surface area contributed by atoms with Crippen LogP contribution in [-0.2, 0) is 0 Å². The van der Waals surface area contributed by atoms with E-state index >= 15 is 0 Å². The number of nitrogens with one attached hydrogen (secondary N) is 1. The smallest absolute Gasteiger partial charge is 0.217 e. The Balaban J connectivity index is 4.00. The standard InChI is InChI=1S/C4H7Cl2N3/c1-9(2)4(6)8-3(5)7/h7H,1-2H3. The van der Waals surface area contributed by atoms with Crippen LogP contribution in [0.25, 0.3) is 0 Å². The van der Waals surface area contributed by atoms with Gasteiger partial charge in [-0.3, -0.25) is 5.41 Å². The Bertz CT molecular complexity index is 141. The predicted octanol–water partition coefficient (Wildman–Crippen LogP) is 1.32. The van der Waals surface area contributed by atoms with Crippen molar-refractivity contribution in [3.8, 4) is 0 Å². The largest absolute Gasteiger partial charge is 0.353 e. The van der Waals surface area contributed by atoms with Gasteiger partial charge in [-0.25, -0.2) is 0 Å². The third-order valence-electron chi connectivity index (χ3n) is 0.559. The van der Waals surface area contributed by atoms with Crippen LogP contribution in [0.5, 0.6) is 0 Å². The van der Waals surface area contributed by atoms with Crippen LogP contribution in [0.15, 0.2) is 4.99 Å². The minimum absolute atomic E-state index is 0.204. The molecule has 0 aromatic heterocycles. The van der Waals surface area contributed by atoms with Gasteiger partial charge in [-0.1, -0.05) is 0 Å². The first-order valence-electron chi connectivity index (χ1n) is 2.19. The van der Waals surface area contributed by atoms with Gasteiger partial charge in [-0.2, -0.15) is 4.99 Å². The quantitative estimate of drug-likeness (QED) is 0.330. The van der Waals surface area contributed by atoms with Crippen LogP contribution in [0.3, 0.4) is 0 Å². The first-order chi connectivity index (χ1) is 4.04. The number of amidine groups is 2. The van der Waals surface area contributed by atoms with E-state index in [4.69, 9.17) is 28.6 Å². The molecule has 3 nitrogen and oxygen atoms in total. The van der Waals surface area contributed by atoms with E-state index in [0.29, 0.717) is 0 Å². The molecule has 0 spiro atoms. The minimum Gasteiger partial charge on any atom is -0.353 e. The van der Waals surface area contributed by atoms with Crippen molar-refractivity contribution in [2.24, 2.45) is 4.99 Å². The van der Waals surface area contributed by atoms with E-state index in [1.807, 2.05) is 0 Å². The number of hydrogen-bond acceptors (Lipinski definition) is 1. The predicted molar refractivity (Wildman–Crippen MR) is 40.6 cm³/mol. The summed E-state index contributed by atoms with van der Waals surface area (Å²) >= 11 is 10.6. The van der Waals surface area contributed by atoms with Crippen LogP contribution in [0, 0.1) is 5.41 Å². The number of hydrogen-bond donors (Lipinski definition) is 1. The van der Waals surface area contributed by atoms with Crippen molar-refractivity contribution in [2.75, 3.05) is 14.1 Å². The average molecular weight is 168 g/mol. The molecule has 9 heavy (non-hydrogen) atoms. The molecule has 0 aliphatic rings. The van der Waals surface area contributed by atoms with E-state index in [0.717, 1.165) is 0 Å². The zero-order valence-electron chi connectivity index (χ0n) is 5.15. The molecule has 1 N–H and O–H groups in total. The molecule has 0 aromatic carbocycles. The second-order valence-electron chi connectivity index (χ2n) is 1.57. The third kappa shape index (κ3) is 4.24. The summed E-state index contributed by atoms with van der Waals surface area (Å²) < 4.78 is 0. The molecule has 0 heterocycles. The minimum atomic E-state index is -0.311. The maximum Gasteiger partial charge on any atom is 0.217 e. The van der Waals surface area contributed by atoms with Crippen molar-refractivity contribution >= 4 is 33.8 Å². The van der Waals surface area contributed by atoms with Crippen LogP contribution in [0.2, 0.25) is 0 Å². The van der Waals surface area contributed by atoms with E-state index < -0.39 is 0 Å². The summed E-state index contributed by atoms with van der Waals surface area (Å²) in [5, 5.41) is 6.58. The van der Waals surface area contributed by atoms with E-state index in [2.05, 4.69) is 4.99 Å². The average Bonchev–Trinajstić information content (AvgIpc) is 1.63. The molecule has 0 fully saturated rings. The summed E-state index contributed by atoms with van der Waals surface area (Å²) in [7, 11) is 3.43. The molecular formula is C4H7Cl2N3. The van der Waals surface area contributed by atoms with Crippen molar-refractivity contribution in [2.45, 2.75) is 0 Å². The van der Waals surface area contributed by atoms with Gasteiger partial charge in [0.15, 0.2) is 0 Å². The molecule has 5 heteroatoms. The maximum absolute atomic E-state index is 6.68. The van der Waals surface area contributed by atoms with Gasteiger partial charge in [0.25, 0.3) is 0 Å². The summed E-state index contributed by atoms with van der Waals surface area (Å²) in [6.07, 6.45) is 0. The van der Waals surface area contributed by atoms with E-state index in [1.165, 1.54) is 0 Å². The lowest BCUT2D eigenvalue weighted by Gasteiger charge is -2.06. The molecular weight excluding hydrogens is 161 g/mol. The molecule has 0 aliphatic carbocycles. The van der Waals surface area contributed by atoms with Crippen LogP contribution in [-0.4, -0.2) is 29.6 Å². The van der Waals surface area contributed by atoms with Gasteiger partial charge < -0.3 is 4.90 Å². The SMILES string of the molecule is CN(C)C(Cl)=NC(=N)Cl. The topological polar surface area (TPSA) is 39.5 Å². The van der Waals surface area contributed by atoms with Crippen molar-refractivity contribution in [1.29, 1.82) is 5.41 Å². The fourth-order valence-electron chi connectivity index (χ4n) is 0.181. The highest BCUT2D eigenvalue weighted by atomic mass is 35.5. The lowest BCUT2D eigenvalue weighted by atomic mass is 10.9. The van der Waals surface area contributed by atoms with Crippen LogP contribution in [0.1, 0.15) is 0 Å². The summed E-state index contributed by atoms with van der Waals surface area (Å²) in [6.45, 7) is 0. The monoisotopic (exact) mass is 167 g/mol. The molecule has 0 amide bonds. The van der Waals surface area contributed by atoms with Crippen LogP contribution >= 0.6 is 23.2 Å². The first kappa shape index (κ1) is 8.72. The van der Waals surface area contributed by atoms with Crippen LogP contribution in [0.4, 0.5) is 0 Å². The molecule has 52 valence electrons. The Hall–Kier alpha value is -0.280. The molecule has 0 radical (unpaired) electrons. The number of nitrogens with zero attached hydrogens (tertiary/aromatic N) is 2. The second-order valence-corrected chi connectivity index (χ2v) is 2.26. The molecule has 0 saturated heterocycles. The van der Waals surface area contributed by atoms with Gasteiger partial charge in [0.2, 0.25) is 10.6 Å². The highest BCUT2D eigenvalue weighted by Crippen LogP contribution is 1.92. The van der Waals surface area contributed by atoms with Crippen molar-refractivity contribution < 1.29 is 0 Å². The highest BCUT2D eigenvalue weighted by molar-refractivity contribution is 6.70. The number of aliphatic imine (C=N–C) groups is 1. The van der Waals surface area contributed by atoms with E-state index in [9.17, 15) is 0 Å². The zero-order valence-corrected chi connectivity index (χ0v) is 6.66. The Morgan fingerprint density at radius 3 is 2.00 bits per heavy atom. The van der Waals surface area contributed by atoms with Gasteiger partial charge in [0, 0.05) is 14.1 Å². The summed E-state index contributed by atoms with van der Waals surface area (Å²) in [6, 6.07) is 0. The zero-order chi connectivity index (χ0) is 7.44. The van der Waals surface area contributed by atoms with Crippen molar-refractivity contribution in [3.05, 3.63) is 0 Å². The summed E-state index contributed by atoms with van der Waals surface area (Å²) in [5.41, 5.74) is 0. The molecule has 0 bridgehead atoms. The molecule has 0 saturated carbocycles. The Labute approximate surface area is 63.8 Å². The van der Waals surface area contributed by atoms with Crippen molar-refractivity contribution in [1.82, 2.24) is 4.90 Å². The van der Waals surface area contributed by atoms with E-state index in [1.54, 1.807) is 19.0 Å².